The number of sulfonamides is 1. The number of amides is 1. The number of nitrogens with zero attached hydrogens (tertiary/aromatic N) is 4. The molecule has 1 amide bonds. The summed E-state index contributed by atoms with van der Waals surface area (Å²) in [5.74, 6) is 0.524. The molecule has 0 aliphatic heterocycles. The van der Waals surface area contributed by atoms with Gasteiger partial charge in [-0.05, 0) is 60.5 Å². The van der Waals surface area contributed by atoms with Crippen molar-refractivity contribution in [2.75, 3.05) is 6.54 Å². The molecule has 0 unspecified atom stereocenters. The molecular formula is C28H22ClF3N4O4S. The third kappa shape index (κ3) is 5.32. The average Bonchev–Trinajstić information content (AvgIpc) is 3.29. The Morgan fingerprint density at radius 1 is 1.05 bits per heavy atom. The van der Waals surface area contributed by atoms with E-state index < -0.39 is 32.9 Å². The lowest BCUT2D eigenvalue weighted by Crippen LogP contribution is -2.37. The molecule has 0 saturated heterocycles. The molecule has 2 heterocycles. The molecule has 13 heteroatoms. The number of halogens is 4. The summed E-state index contributed by atoms with van der Waals surface area (Å²) in [6.07, 6.45) is -4.20. The Bertz CT molecular complexity index is 1890. The minimum atomic E-state index is -4.62. The van der Waals surface area contributed by atoms with Crippen molar-refractivity contribution in [2.24, 2.45) is 0 Å². The summed E-state index contributed by atoms with van der Waals surface area (Å²) in [4.78, 5) is 20.4. The number of pyridine rings is 1. The summed E-state index contributed by atoms with van der Waals surface area (Å²) in [6, 6.07) is 16.6. The van der Waals surface area contributed by atoms with E-state index in [4.69, 9.17) is 11.6 Å². The summed E-state index contributed by atoms with van der Waals surface area (Å²) in [6.45, 7) is 1.49. The van der Waals surface area contributed by atoms with Crippen LogP contribution in [-0.2, 0) is 29.0 Å². The minimum absolute atomic E-state index is 0.0842. The van der Waals surface area contributed by atoms with Crippen LogP contribution in [0, 0.1) is 0 Å². The van der Waals surface area contributed by atoms with E-state index in [0.29, 0.717) is 44.2 Å². The van der Waals surface area contributed by atoms with Gasteiger partial charge in [0.05, 0.1) is 32.0 Å². The molecule has 2 aromatic heterocycles. The van der Waals surface area contributed by atoms with Gasteiger partial charge in [0.2, 0.25) is 0 Å². The van der Waals surface area contributed by atoms with Crippen LogP contribution in [0.25, 0.3) is 27.6 Å². The molecule has 1 N–H and O–H groups in total. The van der Waals surface area contributed by atoms with Gasteiger partial charge in [-0.25, -0.2) is 22.5 Å². The Balaban J connectivity index is 1.43. The van der Waals surface area contributed by atoms with Crippen molar-refractivity contribution in [1.29, 1.82) is 0 Å². The van der Waals surface area contributed by atoms with Crippen LogP contribution in [0.2, 0.25) is 5.02 Å². The van der Waals surface area contributed by atoms with Gasteiger partial charge in [0.25, 0.3) is 10.0 Å². The molecular weight excluding hydrogens is 581 g/mol. The highest BCUT2D eigenvalue weighted by Gasteiger charge is 2.34. The maximum atomic E-state index is 13.4. The number of fused-ring (bicyclic) bond motifs is 2. The molecule has 0 bridgehead atoms. The first kappa shape index (κ1) is 28.4. The fourth-order valence-corrected chi connectivity index (χ4v) is 6.41. The van der Waals surface area contributed by atoms with Crippen molar-refractivity contribution >= 4 is 49.7 Å². The zero-order valence-corrected chi connectivity index (χ0v) is 23.0. The molecule has 3 aromatic carbocycles. The Hall–Kier alpha value is -4.16. The fourth-order valence-electron chi connectivity index (χ4n) is 4.67. The van der Waals surface area contributed by atoms with Gasteiger partial charge in [0.1, 0.15) is 5.82 Å². The van der Waals surface area contributed by atoms with Gasteiger partial charge in [-0.3, -0.25) is 9.55 Å². The number of imidazole rings is 1. The SMILES string of the molecule is CCc1nc2cc(C(F)(F)F)c(Cl)cc2n1-c1ccc(CCN(C(=O)O)S(=O)(=O)c2cccc3ncccc23)cc1. The van der Waals surface area contributed by atoms with Crippen LogP contribution >= 0.6 is 11.6 Å². The quantitative estimate of drug-likeness (QED) is 0.222. The summed E-state index contributed by atoms with van der Waals surface area (Å²) in [7, 11) is -4.40. The van der Waals surface area contributed by atoms with Crippen molar-refractivity contribution in [3.8, 4) is 5.69 Å². The van der Waals surface area contributed by atoms with E-state index in [9.17, 15) is 31.5 Å². The van der Waals surface area contributed by atoms with Crippen molar-refractivity contribution < 1.29 is 31.5 Å². The summed E-state index contributed by atoms with van der Waals surface area (Å²) in [5.41, 5.74) is 1.26. The Kier molecular flexibility index (Phi) is 7.39. The topological polar surface area (TPSA) is 105 Å². The summed E-state index contributed by atoms with van der Waals surface area (Å²) >= 11 is 5.97. The van der Waals surface area contributed by atoms with Crippen LogP contribution in [0.3, 0.4) is 0 Å². The second-order valence-corrected chi connectivity index (χ2v) is 11.4. The largest absolute Gasteiger partial charge is 0.464 e. The van der Waals surface area contributed by atoms with E-state index in [1.807, 2.05) is 6.92 Å². The molecule has 0 spiro atoms. The van der Waals surface area contributed by atoms with Crippen LogP contribution in [0.4, 0.5) is 18.0 Å². The van der Waals surface area contributed by atoms with E-state index in [1.54, 1.807) is 47.0 Å². The van der Waals surface area contributed by atoms with E-state index in [0.717, 1.165) is 6.07 Å². The van der Waals surface area contributed by atoms with Crippen molar-refractivity contribution in [1.82, 2.24) is 18.8 Å². The molecule has 5 rings (SSSR count). The first-order chi connectivity index (χ1) is 19.4. The number of rotatable bonds is 7. The van der Waals surface area contributed by atoms with E-state index in [1.165, 1.54) is 24.4 Å². The maximum absolute atomic E-state index is 13.4. The number of carboxylic acid groups (broad SMARTS) is 1. The molecule has 8 nitrogen and oxygen atoms in total. The van der Waals surface area contributed by atoms with Gasteiger partial charge < -0.3 is 5.11 Å². The Labute approximate surface area is 237 Å². The second-order valence-electron chi connectivity index (χ2n) is 9.14. The van der Waals surface area contributed by atoms with Gasteiger partial charge >= 0.3 is 12.3 Å². The molecule has 5 aromatic rings. The molecule has 212 valence electrons. The molecule has 0 aliphatic rings. The highest BCUT2D eigenvalue weighted by molar-refractivity contribution is 7.89. The van der Waals surface area contributed by atoms with Crippen LogP contribution in [0.5, 0.6) is 0 Å². The van der Waals surface area contributed by atoms with E-state index in [2.05, 4.69) is 9.97 Å². The third-order valence-electron chi connectivity index (χ3n) is 6.62. The summed E-state index contributed by atoms with van der Waals surface area (Å²) < 4.78 is 68.9. The Morgan fingerprint density at radius 3 is 2.44 bits per heavy atom. The molecule has 0 atom stereocenters. The number of carbonyl (C=O) groups is 1. The first-order valence-electron chi connectivity index (χ1n) is 12.4. The first-order valence-corrected chi connectivity index (χ1v) is 14.2. The smallest absolute Gasteiger partial charge is 0.421 e. The van der Waals surface area contributed by atoms with Crippen LogP contribution in [-0.4, -0.2) is 45.0 Å². The Morgan fingerprint density at radius 2 is 1.78 bits per heavy atom. The van der Waals surface area contributed by atoms with Gasteiger partial charge in [-0.1, -0.05) is 36.7 Å². The zero-order chi connectivity index (χ0) is 29.5. The predicted octanol–water partition coefficient (Wildman–Crippen LogP) is 6.72. The number of benzene rings is 3. The fraction of sp³-hybridized carbons (Fsp3) is 0.179. The monoisotopic (exact) mass is 602 g/mol. The van der Waals surface area contributed by atoms with Crippen molar-refractivity contribution in [3.63, 3.8) is 0 Å². The second kappa shape index (κ2) is 10.7. The highest BCUT2D eigenvalue weighted by atomic mass is 35.5. The lowest BCUT2D eigenvalue weighted by atomic mass is 10.1. The standard InChI is InChI=1S/C28H22ClF3N4O4S/c1-2-26-34-23-15-20(28(30,31)32)21(29)16-24(23)36(26)18-10-8-17(9-11-18)12-14-35(27(37)38)41(39,40)25-7-3-6-22-19(25)5-4-13-33-22/h3-11,13,15-16H,2,12,14H2,1H3,(H,37,38). The number of aromatic nitrogens is 3. The van der Waals surface area contributed by atoms with E-state index >= 15 is 0 Å². The molecule has 0 aliphatic carbocycles. The van der Waals surface area contributed by atoms with Crippen LogP contribution < -0.4 is 0 Å². The average molecular weight is 603 g/mol. The number of aryl methyl sites for hydroxylation is 1. The van der Waals surface area contributed by atoms with Gasteiger partial charge in [0.15, 0.2) is 0 Å². The zero-order valence-electron chi connectivity index (χ0n) is 21.4. The predicted molar refractivity (Wildman–Crippen MR) is 148 cm³/mol. The van der Waals surface area contributed by atoms with Gasteiger partial charge in [0, 0.05) is 30.2 Å². The number of hydrogen-bond donors (Lipinski definition) is 1. The molecule has 0 saturated carbocycles. The minimum Gasteiger partial charge on any atom is -0.464 e. The number of hydrogen-bond acceptors (Lipinski definition) is 5. The van der Waals surface area contributed by atoms with Crippen LogP contribution in [0.15, 0.2) is 77.8 Å². The van der Waals surface area contributed by atoms with Gasteiger partial charge in [-0.15, -0.1) is 0 Å². The number of alkyl halides is 3. The van der Waals surface area contributed by atoms with Gasteiger partial charge in [-0.2, -0.15) is 13.2 Å². The van der Waals surface area contributed by atoms with Crippen LogP contribution in [0.1, 0.15) is 23.9 Å². The lowest BCUT2D eigenvalue weighted by molar-refractivity contribution is -0.137. The van der Waals surface area contributed by atoms with Crippen molar-refractivity contribution in [2.45, 2.75) is 30.8 Å². The molecule has 0 radical (unpaired) electrons. The van der Waals surface area contributed by atoms with E-state index in [-0.39, 0.29) is 23.4 Å². The lowest BCUT2D eigenvalue weighted by Gasteiger charge is -2.20. The highest BCUT2D eigenvalue weighted by Crippen LogP contribution is 2.38. The third-order valence-corrected chi connectivity index (χ3v) is 8.76. The maximum Gasteiger partial charge on any atom is 0.421 e. The molecule has 41 heavy (non-hydrogen) atoms. The van der Waals surface area contributed by atoms with Crippen molar-refractivity contribution in [3.05, 3.63) is 94.9 Å². The molecule has 0 fully saturated rings. The summed E-state index contributed by atoms with van der Waals surface area (Å²) in [5, 5.41) is 9.65. The normalized spacial score (nSPS) is 12.2.